The quantitative estimate of drug-likeness (QED) is 0.134. The Morgan fingerprint density at radius 1 is 1.00 bits per heavy atom. The number of halogens is 1. The average Bonchev–Trinajstić information content (AvgIpc) is 3.59. The van der Waals surface area contributed by atoms with Crippen molar-refractivity contribution in [3.63, 3.8) is 0 Å². The zero-order valence-electron chi connectivity index (χ0n) is 33.3. The molecule has 0 spiro atoms. The first-order chi connectivity index (χ1) is 28.5. The summed E-state index contributed by atoms with van der Waals surface area (Å²) in [7, 11) is 0. The van der Waals surface area contributed by atoms with E-state index in [1.807, 2.05) is 13.0 Å². The van der Waals surface area contributed by atoms with E-state index in [-0.39, 0.29) is 29.0 Å². The van der Waals surface area contributed by atoms with Crippen LogP contribution in [0.5, 0.6) is 0 Å². The Labute approximate surface area is 340 Å². The SMILES string of the molecule is Cc1c([C@@H](C)NC(=O)c2noc(C3(C)CC3)n2)ccc(-c2ncnc3[nH]c4cc(N5CCN(C6CC(c7ccc([C@@H]8CCC(=O)NC8=O)cc7)C6)CC5)ccc4c23)c1F. The van der Waals surface area contributed by atoms with Gasteiger partial charge < -0.3 is 19.7 Å². The summed E-state index contributed by atoms with van der Waals surface area (Å²) in [6, 6.07) is 18.4. The van der Waals surface area contributed by atoms with Crippen LogP contribution >= 0.6 is 0 Å². The van der Waals surface area contributed by atoms with Gasteiger partial charge in [0.05, 0.1) is 23.0 Å². The molecule has 2 atom stereocenters. The Bertz CT molecular complexity index is 2640. The normalized spacial score (nSPS) is 22.3. The molecule has 14 heteroatoms. The van der Waals surface area contributed by atoms with E-state index in [4.69, 9.17) is 4.52 Å². The number of hydrogen-bond acceptors (Lipinski definition) is 10. The third-order valence-electron chi connectivity index (χ3n) is 13.4. The van der Waals surface area contributed by atoms with Crippen molar-refractivity contribution in [2.75, 3.05) is 31.1 Å². The standard InChI is InChI=1S/C45H46FN9O4/c1-24-31(25(2)49-43(58)41-52-44(59-53-41)45(3)14-15-45)10-11-34(38(24)46)39-37-33-9-8-29(22-35(33)50-40(37)48-23-47-39)54-16-18-55(19-17-54)30-20-28(21-30)26-4-6-27(7-5-26)32-12-13-36(56)51-42(32)57/h4-11,22-23,25,28,30,32H,12-21H2,1-3H3,(H,49,58)(H,47,48,50)(H,51,56,57)/t25-,28?,30?,32+/m1/s1. The first-order valence-electron chi connectivity index (χ1n) is 20.7. The van der Waals surface area contributed by atoms with Gasteiger partial charge in [0.1, 0.15) is 17.8 Å². The van der Waals surface area contributed by atoms with Gasteiger partial charge in [0, 0.05) is 66.2 Å². The highest BCUT2D eigenvalue weighted by atomic mass is 19.1. The van der Waals surface area contributed by atoms with Crippen molar-refractivity contribution >= 4 is 45.3 Å². The molecule has 2 saturated heterocycles. The number of piperazine rings is 1. The molecular weight excluding hydrogens is 750 g/mol. The van der Waals surface area contributed by atoms with Crippen molar-refractivity contribution in [3.8, 4) is 11.3 Å². The van der Waals surface area contributed by atoms with Crippen LogP contribution in [-0.4, -0.2) is 79.9 Å². The highest BCUT2D eigenvalue weighted by Crippen LogP contribution is 2.47. The second-order valence-electron chi connectivity index (χ2n) is 17.1. The Balaban J connectivity index is 0.788. The maximum absolute atomic E-state index is 16.3. The van der Waals surface area contributed by atoms with Crippen LogP contribution in [0.1, 0.15) is 109 Å². The number of H-pyrrole nitrogens is 1. The number of imide groups is 1. The van der Waals surface area contributed by atoms with Gasteiger partial charge in [-0.2, -0.15) is 4.98 Å². The minimum atomic E-state index is -0.507. The summed E-state index contributed by atoms with van der Waals surface area (Å²) < 4.78 is 21.7. The number of rotatable bonds is 9. The summed E-state index contributed by atoms with van der Waals surface area (Å²) in [5.41, 5.74) is 6.75. The van der Waals surface area contributed by atoms with Crippen LogP contribution in [0.4, 0.5) is 10.1 Å². The molecule has 302 valence electrons. The van der Waals surface area contributed by atoms with Gasteiger partial charge in [-0.1, -0.05) is 48.5 Å². The van der Waals surface area contributed by atoms with E-state index in [0.29, 0.717) is 58.7 Å². The van der Waals surface area contributed by atoms with Crippen LogP contribution in [0.15, 0.2) is 65.4 Å². The predicted molar refractivity (Wildman–Crippen MR) is 219 cm³/mol. The lowest BCUT2D eigenvalue weighted by Crippen LogP contribution is -2.53. The fourth-order valence-corrected chi connectivity index (χ4v) is 9.29. The molecule has 3 N–H and O–H groups in total. The minimum absolute atomic E-state index is 0.0274. The minimum Gasteiger partial charge on any atom is -0.369 e. The van der Waals surface area contributed by atoms with Gasteiger partial charge in [0.2, 0.25) is 17.7 Å². The van der Waals surface area contributed by atoms with Crippen molar-refractivity contribution in [3.05, 3.63) is 101 Å². The number of anilines is 1. The summed E-state index contributed by atoms with van der Waals surface area (Å²) in [6.45, 7) is 9.37. The second-order valence-corrected chi connectivity index (χ2v) is 17.1. The Hall–Kier alpha value is -6.02. The zero-order valence-corrected chi connectivity index (χ0v) is 33.3. The number of nitrogens with zero attached hydrogens (tertiary/aromatic N) is 6. The lowest BCUT2D eigenvalue weighted by molar-refractivity contribution is -0.134. The molecule has 4 fully saturated rings. The van der Waals surface area contributed by atoms with Gasteiger partial charge in [-0.15, -0.1) is 0 Å². The van der Waals surface area contributed by atoms with E-state index < -0.39 is 17.8 Å². The summed E-state index contributed by atoms with van der Waals surface area (Å²) in [6.07, 6.45) is 6.58. The smallest absolute Gasteiger partial charge is 0.293 e. The van der Waals surface area contributed by atoms with Gasteiger partial charge >= 0.3 is 0 Å². The number of hydrogen-bond donors (Lipinski definition) is 3. The molecule has 2 saturated carbocycles. The van der Waals surface area contributed by atoms with Crippen LogP contribution in [0, 0.1) is 12.7 Å². The van der Waals surface area contributed by atoms with E-state index in [1.165, 1.54) is 11.9 Å². The van der Waals surface area contributed by atoms with Crippen molar-refractivity contribution in [2.45, 2.75) is 88.6 Å². The number of carbonyl (C=O) groups excluding carboxylic acids is 3. The molecule has 3 amide bonds. The van der Waals surface area contributed by atoms with Gasteiger partial charge in [-0.05, 0) is 92.3 Å². The first kappa shape index (κ1) is 37.3. The zero-order chi connectivity index (χ0) is 40.6. The first-order valence-corrected chi connectivity index (χ1v) is 20.7. The van der Waals surface area contributed by atoms with E-state index in [2.05, 4.69) is 88.0 Å². The van der Waals surface area contributed by atoms with Gasteiger partial charge in [0.15, 0.2) is 0 Å². The number of fused-ring (bicyclic) bond motifs is 3. The van der Waals surface area contributed by atoms with Gasteiger partial charge in [-0.25, -0.2) is 14.4 Å². The Morgan fingerprint density at radius 2 is 1.76 bits per heavy atom. The molecule has 2 aliphatic heterocycles. The van der Waals surface area contributed by atoms with Crippen LogP contribution < -0.4 is 15.5 Å². The van der Waals surface area contributed by atoms with Gasteiger partial charge in [-0.3, -0.25) is 24.6 Å². The highest BCUT2D eigenvalue weighted by molar-refractivity contribution is 6.12. The lowest BCUT2D eigenvalue weighted by atomic mass is 9.74. The third-order valence-corrected chi connectivity index (χ3v) is 13.4. The molecule has 13 nitrogen and oxygen atoms in total. The van der Waals surface area contributed by atoms with Crippen molar-refractivity contribution in [2.24, 2.45) is 0 Å². The molecule has 0 bridgehead atoms. The molecule has 4 aliphatic rings. The second kappa shape index (κ2) is 14.4. The molecule has 2 aliphatic carbocycles. The molecular formula is C45H46FN9O4. The van der Waals surface area contributed by atoms with E-state index in [9.17, 15) is 14.4 Å². The number of aromatic nitrogens is 5. The molecule has 0 unspecified atom stereocenters. The van der Waals surface area contributed by atoms with Crippen LogP contribution in [0.2, 0.25) is 0 Å². The topological polar surface area (TPSA) is 162 Å². The molecule has 3 aromatic heterocycles. The molecule has 59 heavy (non-hydrogen) atoms. The number of benzene rings is 3. The van der Waals surface area contributed by atoms with E-state index in [1.54, 1.807) is 19.9 Å². The average molecular weight is 796 g/mol. The molecule has 5 heterocycles. The largest absolute Gasteiger partial charge is 0.369 e. The Kier molecular flexibility index (Phi) is 9.07. The van der Waals surface area contributed by atoms with Crippen molar-refractivity contribution in [1.82, 2.24) is 40.6 Å². The summed E-state index contributed by atoms with van der Waals surface area (Å²) in [5.74, 6) is -0.543. The van der Waals surface area contributed by atoms with Crippen molar-refractivity contribution < 1.29 is 23.3 Å². The van der Waals surface area contributed by atoms with Crippen LogP contribution in [0.3, 0.4) is 0 Å². The number of aromatic amines is 1. The maximum atomic E-state index is 16.3. The summed E-state index contributed by atoms with van der Waals surface area (Å²) >= 11 is 0. The molecule has 0 radical (unpaired) electrons. The monoisotopic (exact) mass is 795 g/mol. The predicted octanol–water partition coefficient (Wildman–Crippen LogP) is 6.74. The highest BCUT2D eigenvalue weighted by Gasteiger charge is 2.45. The van der Waals surface area contributed by atoms with Crippen molar-refractivity contribution in [1.29, 1.82) is 0 Å². The molecule has 6 aromatic rings. The summed E-state index contributed by atoms with van der Waals surface area (Å²) in [4.78, 5) is 58.8. The molecule has 10 rings (SSSR count). The third kappa shape index (κ3) is 6.72. The van der Waals surface area contributed by atoms with E-state index >= 15 is 4.39 Å². The van der Waals surface area contributed by atoms with Crippen LogP contribution in [0.25, 0.3) is 33.2 Å². The summed E-state index contributed by atoms with van der Waals surface area (Å²) in [5, 5.41) is 10.9. The van der Waals surface area contributed by atoms with E-state index in [0.717, 1.165) is 79.4 Å². The fourth-order valence-electron chi connectivity index (χ4n) is 9.29. The number of amides is 3. The van der Waals surface area contributed by atoms with Gasteiger partial charge in [0.25, 0.3) is 11.7 Å². The Morgan fingerprint density at radius 3 is 2.51 bits per heavy atom. The molecule has 3 aromatic carbocycles. The van der Waals surface area contributed by atoms with Crippen LogP contribution in [-0.2, 0) is 15.0 Å². The fraction of sp³-hybridized carbons (Fsp3) is 0.400. The number of piperidine rings is 1. The number of carbonyl (C=O) groups is 3. The maximum Gasteiger partial charge on any atom is 0.293 e. The lowest BCUT2D eigenvalue weighted by Gasteiger charge is -2.47. The number of nitrogens with one attached hydrogen (secondary N) is 3.